The lowest BCUT2D eigenvalue weighted by Gasteiger charge is -2.08. The van der Waals surface area contributed by atoms with Crippen molar-refractivity contribution in [2.75, 3.05) is 5.32 Å². The van der Waals surface area contributed by atoms with Crippen molar-refractivity contribution in [3.05, 3.63) is 23.8 Å². The molecule has 0 bridgehead atoms. The van der Waals surface area contributed by atoms with Gasteiger partial charge in [0.25, 0.3) is 0 Å². The first-order chi connectivity index (χ1) is 5.59. The van der Waals surface area contributed by atoms with E-state index in [1.54, 1.807) is 0 Å². The van der Waals surface area contributed by atoms with Crippen molar-refractivity contribution in [2.24, 2.45) is 0 Å². The van der Waals surface area contributed by atoms with Crippen LogP contribution in [-0.2, 0) is 0 Å². The minimum atomic E-state index is 0.807. The molecule has 0 fully saturated rings. The molecule has 0 saturated carbocycles. The molecule has 0 radical (unpaired) electrons. The lowest BCUT2D eigenvalue weighted by atomic mass is 9.92. The number of hydrogen-bond acceptors (Lipinski definition) is 1. The van der Waals surface area contributed by atoms with Crippen LogP contribution in [0.2, 0.25) is 0 Å². The molecule has 0 saturated heterocycles. The zero-order valence-corrected chi connectivity index (χ0v) is 8.46. The van der Waals surface area contributed by atoms with Gasteiger partial charge < -0.3 is 5.32 Å². The van der Waals surface area contributed by atoms with E-state index in [1.807, 2.05) is 6.92 Å². The maximum atomic E-state index is 4.96. The maximum Gasteiger partial charge on any atom is 0.142 e. The number of hydrogen-bond donors (Lipinski definition) is 1. The summed E-state index contributed by atoms with van der Waals surface area (Å²) in [6.07, 6.45) is 0. The van der Waals surface area contributed by atoms with Crippen LogP contribution in [0.5, 0.6) is 0 Å². The second-order valence-electron chi connectivity index (χ2n) is 3.00. The summed E-state index contributed by atoms with van der Waals surface area (Å²) < 4.78 is 0. The molecule has 0 spiro atoms. The zero-order chi connectivity index (χ0) is 9.14. The molecule has 1 rings (SSSR count). The van der Waals surface area contributed by atoms with Crippen molar-refractivity contribution in [3.63, 3.8) is 0 Å². The van der Waals surface area contributed by atoms with E-state index in [-0.39, 0.29) is 0 Å². The molecule has 0 amide bonds. The Balaban J connectivity index is 2.93. The fraction of sp³-hybridized carbons (Fsp3) is 0.222. The third-order valence-corrected chi connectivity index (χ3v) is 1.79. The quantitative estimate of drug-likeness (QED) is 0.507. The molecular formula is C9H12BNS. The van der Waals surface area contributed by atoms with E-state index in [0.717, 1.165) is 10.7 Å². The summed E-state index contributed by atoms with van der Waals surface area (Å²) in [5, 5.41) is 3.13. The molecule has 0 atom stereocenters. The largest absolute Gasteiger partial charge is 0.351 e. The van der Waals surface area contributed by atoms with Crippen molar-refractivity contribution >= 4 is 36.2 Å². The summed E-state index contributed by atoms with van der Waals surface area (Å²) in [5.41, 5.74) is 3.62. The highest BCUT2D eigenvalue weighted by Crippen LogP contribution is 2.04. The molecular weight excluding hydrogens is 165 g/mol. The highest BCUT2D eigenvalue weighted by molar-refractivity contribution is 7.80. The van der Waals surface area contributed by atoms with E-state index >= 15 is 0 Å². The van der Waals surface area contributed by atoms with Gasteiger partial charge in [-0.1, -0.05) is 35.4 Å². The Morgan fingerprint density at radius 1 is 1.50 bits per heavy atom. The van der Waals surface area contributed by atoms with Gasteiger partial charge in [-0.05, 0) is 19.9 Å². The third-order valence-electron chi connectivity index (χ3n) is 1.69. The van der Waals surface area contributed by atoms with Crippen molar-refractivity contribution in [1.82, 2.24) is 0 Å². The van der Waals surface area contributed by atoms with Crippen LogP contribution in [0, 0.1) is 6.92 Å². The molecule has 0 aliphatic rings. The van der Waals surface area contributed by atoms with Crippen LogP contribution in [0.3, 0.4) is 0 Å². The molecule has 12 heavy (non-hydrogen) atoms. The average Bonchev–Trinajstić information content (AvgIpc) is 1.94. The zero-order valence-electron chi connectivity index (χ0n) is 7.64. The van der Waals surface area contributed by atoms with Crippen molar-refractivity contribution in [3.8, 4) is 0 Å². The van der Waals surface area contributed by atoms with Gasteiger partial charge in [-0.25, -0.2) is 0 Å². The smallest absolute Gasteiger partial charge is 0.142 e. The maximum absolute atomic E-state index is 4.96. The Kier molecular flexibility index (Phi) is 2.87. The van der Waals surface area contributed by atoms with Gasteiger partial charge in [0.15, 0.2) is 0 Å². The third kappa shape index (κ3) is 2.34. The Hall–Kier alpha value is -0.825. The lowest BCUT2D eigenvalue weighted by molar-refractivity contribution is 1.49. The standard InChI is InChI=1S/C9H12BNS/c1-6-3-4-9(8(10)5-6)11-7(2)12/h3-5H,10H2,1-2H3,(H,11,12). The van der Waals surface area contributed by atoms with E-state index < -0.39 is 0 Å². The average molecular weight is 177 g/mol. The van der Waals surface area contributed by atoms with Gasteiger partial charge in [0.05, 0.1) is 4.99 Å². The molecule has 62 valence electrons. The second kappa shape index (κ2) is 3.72. The van der Waals surface area contributed by atoms with Gasteiger partial charge in [0, 0.05) is 5.69 Å². The number of benzene rings is 1. The summed E-state index contributed by atoms with van der Waals surface area (Å²) in [5.74, 6) is 0. The molecule has 0 heterocycles. The molecule has 1 N–H and O–H groups in total. The Morgan fingerprint density at radius 2 is 2.17 bits per heavy atom. The highest BCUT2D eigenvalue weighted by Gasteiger charge is 1.96. The Bertz CT molecular complexity index is 309. The predicted molar refractivity (Wildman–Crippen MR) is 61.3 cm³/mol. The van der Waals surface area contributed by atoms with E-state index in [1.165, 1.54) is 11.0 Å². The summed E-state index contributed by atoms with van der Waals surface area (Å²) in [6.45, 7) is 3.97. The molecule has 1 aromatic rings. The van der Waals surface area contributed by atoms with Gasteiger partial charge in [-0.15, -0.1) is 0 Å². The first-order valence-corrected chi connectivity index (χ1v) is 4.35. The fourth-order valence-corrected chi connectivity index (χ4v) is 1.25. The van der Waals surface area contributed by atoms with Crippen molar-refractivity contribution in [1.29, 1.82) is 0 Å². The Labute approximate surface area is 79.6 Å². The van der Waals surface area contributed by atoms with Crippen LogP contribution < -0.4 is 10.8 Å². The number of rotatable bonds is 1. The van der Waals surface area contributed by atoms with Crippen LogP contribution in [0.15, 0.2) is 18.2 Å². The summed E-state index contributed by atoms with van der Waals surface area (Å²) >= 11 is 4.96. The SMILES string of the molecule is Bc1cc(C)ccc1NC(C)=S. The normalized spacial score (nSPS) is 9.50. The number of thiocarbonyl (C=S) groups is 1. The minimum Gasteiger partial charge on any atom is -0.351 e. The van der Waals surface area contributed by atoms with Gasteiger partial charge in [0.1, 0.15) is 7.85 Å². The first kappa shape index (κ1) is 9.26. The van der Waals surface area contributed by atoms with Crippen LogP contribution in [-0.4, -0.2) is 12.8 Å². The van der Waals surface area contributed by atoms with Crippen LogP contribution >= 0.6 is 12.2 Å². The molecule has 0 unspecified atom stereocenters. The van der Waals surface area contributed by atoms with E-state index in [9.17, 15) is 0 Å². The van der Waals surface area contributed by atoms with Crippen LogP contribution in [0.1, 0.15) is 12.5 Å². The van der Waals surface area contributed by atoms with Crippen molar-refractivity contribution in [2.45, 2.75) is 13.8 Å². The van der Waals surface area contributed by atoms with E-state index in [0.29, 0.717) is 0 Å². The second-order valence-corrected chi connectivity index (χ2v) is 3.61. The molecule has 1 nitrogen and oxygen atoms in total. The van der Waals surface area contributed by atoms with E-state index in [4.69, 9.17) is 12.2 Å². The highest BCUT2D eigenvalue weighted by atomic mass is 32.1. The molecule has 0 aliphatic heterocycles. The molecule has 0 aromatic heterocycles. The fourth-order valence-electron chi connectivity index (χ4n) is 1.14. The summed E-state index contributed by atoms with van der Waals surface area (Å²) in [4.78, 5) is 0.807. The number of nitrogens with one attached hydrogen (secondary N) is 1. The number of aryl methyl sites for hydroxylation is 1. The van der Waals surface area contributed by atoms with Gasteiger partial charge in [-0.2, -0.15) is 0 Å². The minimum absolute atomic E-state index is 0.807. The lowest BCUT2D eigenvalue weighted by Crippen LogP contribution is -2.14. The van der Waals surface area contributed by atoms with Crippen LogP contribution in [0.4, 0.5) is 5.69 Å². The predicted octanol–water partition coefficient (Wildman–Crippen LogP) is 1.01. The summed E-state index contributed by atoms with van der Waals surface area (Å²) in [6, 6.07) is 6.27. The van der Waals surface area contributed by atoms with Crippen LogP contribution in [0.25, 0.3) is 0 Å². The van der Waals surface area contributed by atoms with E-state index in [2.05, 4.69) is 38.3 Å². The molecule has 1 aromatic carbocycles. The number of anilines is 1. The van der Waals surface area contributed by atoms with Gasteiger partial charge >= 0.3 is 0 Å². The van der Waals surface area contributed by atoms with Crippen molar-refractivity contribution < 1.29 is 0 Å². The van der Waals surface area contributed by atoms with Gasteiger partial charge in [-0.3, -0.25) is 0 Å². The monoisotopic (exact) mass is 177 g/mol. The first-order valence-electron chi connectivity index (χ1n) is 3.94. The van der Waals surface area contributed by atoms with Gasteiger partial charge in [0.2, 0.25) is 0 Å². The Morgan fingerprint density at radius 3 is 2.67 bits per heavy atom. The molecule has 3 heteroatoms. The summed E-state index contributed by atoms with van der Waals surface area (Å²) in [7, 11) is 2.08. The molecule has 0 aliphatic carbocycles. The topological polar surface area (TPSA) is 12.0 Å².